The minimum atomic E-state index is -0.427. The summed E-state index contributed by atoms with van der Waals surface area (Å²) in [5.74, 6) is -0.675. The molecule has 2 aromatic heterocycles. The van der Waals surface area contributed by atoms with Crippen molar-refractivity contribution in [3.63, 3.8) is 0 Å². The van der Waals surface area contributed by atoms with Gasteiger partial charge in [0.2, 0.25) is 0 Å². The molecule has 0 N–H and O–H groups in total. The summed E-state index contributed by atoms with van der Waals surface area (Å²) in [6, 6.07) is 11.8. The number of hydrogen-bond acceptors (Lipinski definition) is 4. The van der Waals surface area contributed by atoms with Crippen LogP contribution in [-0.4, -0.2) is 27.0 Å². The molecule has 4 aromatic rings. The van der Waals surface area contributed by atoms with Crippen molar-refractivity contribution < 1.29 is 9.18 Å². The summed E-state index contributed by atoms with van der Waals surface area (Å²) in [5.41, 5.74) is 2.28. The van der Waals surface area contributed by atoms with E-state index in [1.807, 2.05) is 35.9 Å². The number of nitrogens with zero attached hydrogens (tertiary/aromatic N) is 4. The quantitative estimate of drug-likeness (QED) is 0.477. The van der Waals surface area contributed by atoms with E-state index in [1.54, 1.807) is 29.6 Å². The zero-order valence-electron chi connectivity index (χ0n) is 15.4. The summed E-state index contributed by atoms with van der Waals surface area (Å²) in [7, 11) is 0. The molecule has 7 heteroatoms. The second-order valence-corrected chi connectivity index (χ2v) is 7.55. The fourth-order valence-electron chi connectivity index (χ4n) is 3.08. The maximum absolute atomic E-state index is 13.7. The van der Waals surface area contributed by atoms with E-state index in [0.29, 0.717) is 17.2 Å². The predicted octanol–water partition coefficient (Wildman–Crippen LogP) is 4.68. The van der Waals surface area contributed by atoms with Crippen LogP contribution in [0.25, 0.3) is 10.2 Å². The molecule has 0 bridgehead atoms. The summed E-state index contributed by atoms with van der Waals surface area (Å²) in [5, 5.41) is 0.629. The van der Waals surface area contributed by atoms with E-state index in [9.17, 15) is 9.18 Å². The molecular weight excluding hydrogens is 375 g/mol. The molecule has 28 heavy (non-hydrogen) atoms. The molecule has 0 saturated carbocycles. The van der Waals surface area contributed by atoms with Gasteiger partial charge >= 0.3 is 0 Å². The van der Waals surface area contributed by atoms with E-state index in [2.05, 4.69) is 4.98 Å². The maximum Gasteiger partial charge on any atom is 0.260 e. The Hall–Kier alpha value is -3.06. The maximum atomic E-state index is 13.7. The molecule has 0 fully saturated rings. The van der Waals surface area contributed by atoms with Crippen LogP contribution in [-0.2, 0) is 6.54 Å². The Kier molecular flexibility index (Phi) is 5.16. The Labute approximate surface area is 166 Å². The minimum Gasteiger partial charge on any atom is -0.337 e. The van der Waals surface area contributed by atoms with Crippen molar-refractivity contribution in [3.8, 4) is 0 Å². The van der Waals surface area contributed by atoms with Crippen LogP contribution in [0, 0.1) is 12.7 Å². The van der Waals surface area contributed by atoms with Gasteiger partial charge in [0.25, 0.3) is 5.91 Å². The highest BCUT2D eigenvalue weighted by atomic mass is 32.1. The van der Waals surface area contributed by atoms with Crippen molar-refractivity contribution in [3.05, 3.63) is 78.1 Å². The molecule has 0 aliphatic heterocycles. The van der Waals surface area contributed by atoms with Crippen molar-refractivity contribution in [1.82, 2.24) is 14.5 Å². The van der Waals surface area contributed by atoms with Crippen LogP contribution >= 0.6 is 11.3 Å². The number of carbonyl (C=O) groups is 1. The van der Waals surface area contributed by atoms with E-state index in [1.165, 1.54) is 23.5 Å². The normalized spacial score (nSPS) is 11.1. The summed E-state index contributed by atoms with van der Waals surface area (Å²) in [4.78, 5) is 23.6. The molecule has 0 unspecified atom stereocenters. The molecule has 0 saturated heterocycles. The summed E-state index contributed by atoms with van der Waals surface area (Å²) in [6.45, 7) is 3.22. The predicted molar refractivity (Wildman–Crippen MR) is 109 cm³/mol. The van der Waals surface area contributed by atoms with Crippen LogP contribution in [0.1, 0.15) is 22.3 Å². The standard InChI is InChI=1S/C21H19FN4OS/c1-15-5-2-8-18-19(15)24-21(28-18)26(11-4-10-25-12-9-23-14-25)20(27)16-6-3-7-17(22)13-16/h2-3,5-9,12-14H,4,10-11H2,1H3. The van der Waals surface area contributed by atoms with Gasteiger partial charge in [-0.2, -0.15) is 0 Å². The molecule has 142 valence electrons. The number of anilines is 1. The number of amides is 1. The molecule has 2 aromatic carbocycles. The lowest BCUT2D eigenvalue weighted by atomic mass is 10.2. The number of carbonyl (C=O) groups excluding carboxylic acids is 1. The third-order valence-electron chi connectivity index (χ3n) is 4.51. The number of para-hydroxylation sites is 1. The third kappa shape index (κ3) is 3.80. The van der Waals surface area contributed by atoms with Gasteiger partial charge in [-0.15, -0.1) is 0 Å². The molecule has 0 radical (unpaired) electrons. The molecule has 4 rings (SSSR count). The Bertz CT molecular complexity index is 1110. The number of benzene rings is 2. The van der Waals surface area contributed by atoms with Gasteiger partial charge in [-0.1, -0.05) is 29.5 Å². The summed E-state index contributed by atoms with van der Waals surface area (Å²) < 4.78 is 16.7. The number of hydrogen-bond donors (Lipinski definition) is 0. The van der Waals surface area contributed by atoms with Crippen molar-refractivity contribution in [2.75, 3.05) is 11.4 Å². The second-order valence-electron chi connectivity index (χ2n) is 6.54. The highest BCUT2D eigenvalue weighted by Crippen LogP contribution is 2.31. The van der Waals surface area contributed by atoms with E-state index < -0.39 is 5.82 Å². The minimum absolute atomic E-state index is 0.248. The molecular formula is C21H19FN4OS. The number of rotatable bonds is 6. The Balaban J connectivity index is 1.65. The zero-order chi connectivity index (χ0) is 19.5. The van der Waals surface area contributed by atoms with Gasteiger partial charge < -0.3 is 4.57 Å². The van der Waals surface area contributed by atoms with Crippen molar-refractivity contribution in [2.24, 2.45) is 0 Å². The third-order valence-corrected chi connectivity index (χ3v) is 5.56. The van der Waals surface area contributed by atoms with Gasteiger partial charge in [0.1, 0.15) is 5.82 Å². The first-order valence-corrected chi connectivity index (χ1v) is 9.83. The van der Waals surface area contributed by atoms with Gasteiger partial charge in [-0.3, -0.25) is 9.69 Å². The molecule has 2 heterocycles. The molecule has 0 aliphatic rings. The van der Waals surface area contributed by atoms with Gasteiger partial charge in [-0.25, -0.2) is 14.4 Å². The highest BCUT2D eigenvalue weighted by molar-refractivity contribution is 7.22. The van der Waals surface area contributed by atoms with E-state index in [4.69, 9.17) is 4.98 Å². The summed E-state index contributed by atoms with van der Waals surface area (Å²) >= 11 is 1.48. The van der Waals surface area contributed by atoms with Crippen LogP contribution in [0.5, 0.6) is 0 Å². The van der Waals surface area contributed by atoms with Crippen molar-refractivity contribution in [1.29, 1.82) is 0 Å². The Morgan fingerprint density at radius 3 is 2.86 bits per heavy atom. The fraction of sp³-hybridized carbons (Fsp3) is 0.190. The molecule has 0 atom stereocenters. The van der Waals surface area contributed by atoms with E-state index in [-0.39, 0.29) is 5.91 Å². The number of fused-ring (bicyclic) bond motifs is 1. The highest BCUT2D eigenvalue weighted by Gasteiger charge is 2.21. The number of aryl methyl sites for hydroxylation is 2. The van der Waals surface area contributed by atoms with Crippen molar-refractivity contribution in [2.45, 2.75) is 19.9 Å². The monoisotopic (exact) mass is 394 g/mol. The van der Waals surface area contributed by atoms with E-state index in [0.717, 1.165) is 28.7 Å². The number of thiazole rings is 1. The molecule has 0 spiro atoms. The van der Waals surface area contributed by atoms with Gasteiger partial charge in [0.15, 0.2) is 5.13 Å². The smallest absolute Gasteiger partial charge is 0.260 e. The molecule has 1 amide bonds. The lowest BCUT2D eigenvalue weighted by Crippen LogP contribution is -2.32. The number of aromatic nitrogens is 3. The first kappa shape index (κ1) is 18.3. The lowest BCUT2D eigenvalue weighted by Gasteiger charge is -2.20. The van der Waals surface area contributed by atoms with Gasteiger partial charge in [-0.05, 0) is 43.2 Å². The van der Waals surface area contributed by atoms with Crippen molar-refractivity contribution >= 4 is 32.6 Å². The average Bonchev–Trinajstić information content (AvgIpc) is 3.35. The van der Waals surface area contributed by atoms with Gasteiger partial charge in [0, 0.05) is 31.0 Å². The van der Waals surface area contributed by atoms with Crippen LogP contribution in [0.4, 0.5) is 9.52 Å². The zero-order valence-corrected chi connectivity index (χ0v) is 16.2. The average molecular weight is 394 g/mol. The molecule has 0 aliphatic carbocycles. The first-order valence-electron chi connectivity index (χ1n) is 9.01. The fourth-order valence-corrected chi connectivity index (χ4v) is 4.15. The summed E-state index contributed by atoms with van der Waals surface area (Å²) in [6.07, 6.45) is 6.10. The molecule has 5 nitrogen and oxygen atoms in total. The SMILES string of the molecule is Cc1cccc2sc(N(CCCn3ccnc3)C(=O)c3cccc(F)c3)nc12. The second kappa shape index (κ2) is 7.90. The number of imidazole rings is 1. The Morgan fingerprint density at radius 2 is 2.11 bits per heavy atom. The van der Waals surface area contributed by atoms with Crippen LogP contribution in [0.3, 0.4) is 0 Å². The van der Waals surface area contributed by atoms with E-state index >= 15 is 0 Å². The van der Waals surface area contributed by atoms with Crippen LogP contribution < -0.4 is 4.90 Å². The van der Waals surface area contributed by atoms with Crippen LogP contribution in [0.15, 0.2) is 61.2 Å². The largest absolute Gasteiger partial charge is 0.337 e. The topological polar surface area (TPSA) is 51.0 Å². The lowest BCUT2D eigenvalue weighted by molar-refractivity contribution is 0.0986. The Morgan fingerprint density at radius 1 is 1.25 bits per heavy atom. The number of halogens is 1. The first-order chi connectivity index (χ1) is 13.6. The van der Waals surface area contributed by atoms with Gasteiger partial charge in [0.05, 0.1) is 16.5 Å². The van der Waals surface area contributed by atoms with Crippen LogP contribution in [0.2, 0.25) is 0 Å².